The number of rotatable bonds is 4. The number of aromatic nitrogens is 1. The molecule has 1 saturated carbocycles. The van der Waals surface area contributed by atoms with Gasteiger partial charge in [-0.25, -0.2) is 0 Å². The quantitative estimate of drug-likeness (QED) is 0.890. The summed E-state index contributed by atoms with van der Waals surface area (Å²) in [5.41, 5.74) is 1.39. The van der Waals surface area contributed by atoms with Gasteiger partial charge in [-0.15, -0.1) is 0 Å². The lowest BCUT2D eigenvalue weighted by atomic mass is 9.78. The Morgan fingerprint density at radius 1 is 1.19 bits per heavy atom. The second-order valence-electron chi connectivity index (χ2n) is 6.69. The van der Waals surface area contributed by atoms with Crippen LogP contribution in [0.2, 0.25) is 0 Å². The summed E-state index contributed by atoms with van der Waals surface area (Å²) in [5, 5.41) is 6.41. The van der Waals surface area contributed by atoms with Gasteiger partial charge in [-0.1, -0.05) is 44.9 Å². The van der Waals surface area contributed by atoms with Gasteiger partial charge < -0.3 is 5.32 Å². The van der Waals surface area contributed by atoms with Gasteiger partial charge in [-0.3, -0.25) is 4.98 Å². The minimum absolute atomic E-state index is 0.677. The molecule has 1 aromatic heterocycles. The highest BCUT2D eigenvalue weighted by molar-refractivity contribution is 5.84. The zero-order valence-electron chi connectivity index (χ0n) is 13.2. The van der Waals surface area contributed by atoms with Crippen LogP contribution in [0.1, 0.15) is 45.1 Å². The maximum Gasteiger partial charge on any atom is 0.0346 e. The van der Waals surface area contributed by atoms with E-state index in [1.807, 2.05) is 12.4 Å². The van der Waals surface area contributed by atoms with Crippen molar-refractivity contribution in [1.29, 1.82) is 0 Å². The van der Waals surface area contributed by atoms with Gasteiger partial charge in [0.05, 0.1) is 0 Å². The third-order valence-corrected chi connectivity index (χ3v) is 5.00. The fraction of sp³-hybridized carbons (Fsp3) is 0.526. The SMILES string of the molecule is CC(C)C1CCCCC1NCc1cccc2cnccc12. The number of nitrogens with zero attached hydrogens (tertiary/aromatic N) is 1. The standard InChI is InChI=1S/C19H26N2/c1-14(2)17-8-3-4-9-19(17)21-13-16-7-5-6-15-12-20-11-10-18(15)16/h5-7,10-12,14,17,19,21H,3-4,8-9,13H2,1-2H3. The van der Waals surface area contributed by atoms with Crippen LogP contribution >= 0.6 is 0 Å². The predicted molar refractivity (Wildman–Crippen MR) is 89.2 cm³/mol. The fourth-order valence-corrected chi connectivity index (χ4v) is 3.80. The highest BCUT2D eigenvalue weighted by Gasteiger charge is 2.26. The van der Waals surface area contributed by atoms with E-state index < -0.39 is 0 Å². The molecule has 1 aromatic carbocycles. The molecule has 0 spiro atoms. The summed E-state index contributed by atoms with van der Waals surface area (Å²) < 4.78 is 0. The Bertz CT molecular complexity index is 586. The van der Waals surface area contributed by atoms with Crippen LogP contribution in [0.25, 0.3) is 10.8 Å². The van der Waals surface area contributed by atoms with E-state index in [0.29, 0.717) is 6.04 Å². The van der Waals surface area contributed by atoms with E-state index >= 15 is 0 Å². The molecule has 0 bridgehead atoms. The Labute approximate surface area is 128 Å². The maximum absolute atomic E-state index is 4.22. The van der Waals surface area contributed by atoms with Gasteiger partial charge in [0.25, 0.3) is 0 Å². The molecule has 0 saturated heterocycles. The summed E-state index contributed by atoms with van der Waals surface area (Å²) in [6, 6.07) is 9.33. The second-order valence-corrected chi connectivity index (χ2v) is 6.69. The first-order valence-corrected chi connectivity index (χ1v) is 8.30. The third-order valence-electron chi connectivity index (χ3n) is 5.00. The van der Waals surface area contributed by atoms with E-state index in [2.05, 4.69) is 48.4 Å². The Morgan fingerprint density at radius 2 is 2.05 bits per heavy atom. The first kappa shape index (κ1) is 14.5. The molecule has 0 radical (unpaired) electrons. The molecular formula is C19H26N2. The number of hydrogen-bond donors (Lipinski definition) is 1. The number of benzene rings is 1. The van der Waals surface area contributed by atoms with Crippen molar-refractivity contribution in [2.24, 2.45) is 11.8 Å². The van der Waals surface area contributed by atoms with Crippen LogP contribution in [0.15, 0.2) is 36.7 Å². The lowest BCUT2D eigenvalue weighted by molar-refractivity contribution is 0.205. The third kappa shape index (κ3) is 3.26. The molecule has 21 heavy (non-hydrogen) atoms. The van der Waals surface area contributed by atoms with Crippen molar-refractivity contribution in [1.82, 2.24) is 10.3 Å². The van der Waals surface area contributed by atoms with E-state index in [-0.39, 0.29) is 0 Å². The molecular weight excluding hydrogens is 256 g/mol. The Hall–Kier alpha value is -1.41. The van der Waals surface area contributed by atoms with E-state index in [1.165, 1.54) is 42.0 Å². The molecule has 1 fully saturated rings. The summed E-state index contributed by atoms with van der Waals surface area (Å²) in [7, 11) is 0. The number of pyridine rings is 1. The van der Waals surface area contributed by atoms with Crippen LogP contribution in [-0.4, -0.2) is 11.0 Å². The van der Waals surface area contributed by atoms with Crippen molar-refractivity contribution in [3.05, 3.63) is 42.2 Å². The molecule has 3 rings (SSSR count). The Kier molecular flexibility index (Phi) is 4.54. The van der Waals surface area contributed by atoms with Gasteiger partial charge in [0.15, 0.2) is 0 Å². The van der Waals surface area contributed by atoms with Crippen molar-refractivity contribution in [3.63, 3.8) is 0 Å². The highest BCUT2D eigenvalue weighted by atomic mass is 14.9. The Morgan fingerprint density at radius 3 is 2.90 bits per heavy atom. The van der Waals surface area contributed by atoms with Gasteiger partial charge in [0.1, 0.15) is 0 Å². The lowest BCUT2D eigenvalue weighted by Crippen LogP contribution is -2.40. The molecule has 1 heterocycles. The predicted octanol–water partition coefficient (Wildman–Crippen LogP) is 4.54. The minimum Gasteiger partial charge on any atom is -0.310 e. The summed E-state index contributed by atoms with van der Waals surface area (Å²) in [5.74, 6) is 1.61. The van der Waals surface area contributed by atoms with Crippen LogP contribution in [0, 0.1) is 11.8 Å². The van der Waals surface area contributed by atoms with Gasteiger partial charge >= 0.3 is 0 Å². The van der Waals surface area contributed by atoms with Crippen LogP contribution in [0.4, 0.5) is 0 Å². The molecule has 2 unspecified atom stereocenters. The van der Waals surface area contributed by atoms with Gasteiger partial charge in [-0.05, 0) is 41.7 Å². The smallest absolute Gasteiger partial charge is 0.0346 e. The summed E-state index contributed by atoms with van der Waals surface area (Å²) in [4.78, 5) is 4.22. The summed E-state index contributed by atoms with van der Waals surface area (Å²) in [6.07, 6.45) is 9.34. The second kappa shape index (κ2) is 6.57. The molecule has 0 amide bonds. The van der Waals surface area contributed by atoms with Gasteiger partial charge in [-0.2, -0.15) is 0 Å². The highest BCUT2D eigenvalue weighted by Crippen LogP contribution is 2.30. The normalized spacial score (nSPS) is 22.8. The van der Waals surface area contributed by atoms with E-state index in [1.54, 1.807) is 0 Å². The van der Waals surface area contributed by atoms with Gasteiger partial charge in [0, 0.05) is 30.4 Å². The molecule has 1 aliphatic carbocycles. The van der Waals surface area contributed by atoms with E-state index in [9.17, 15) is 0 Å². The van der Waals surface area contributed by atoms with Crippen molar-refractivity contribution in [3.8, 4) is 0 Å². The average molecular weight is 282 g/mol. The first-order chi connectivity index (χ1) is 10.3. The number of nitrogens with one attached hydrogen (secondary N) is 1. The van der Waals surface area contributed by atoms with E-state index in [0.717, 1.165) is 18.4 Å². The molecule has 2 heteroatoms. The van der Waals surface area contributed by atoms with Crippen molar-refractivity contribution in [2.75, 3.05) is 0 Å². The summed E-state index contributed by atoms with van der Waals surface area (Å²) >= 11 is 0. The van der Waals surface area contributed by atoms with E-state index in [4.69, 9.17) is 0 Å². The first-order valence-electron chi connectivity index (χ1n) is 8.30. The largest absolute Gasteiger partial charge is 0.310 e. The van der Waals surface area contributed by atoms with Crippen LogP contribution in [0.3, 0.4) is 0 Å². The topological polar surface area (TPSA) is 24.9 Å². The van der Waals surface area contributed by atoms with Crippen molar-refractivity contribution in [2.45, 2.75) is 52.1 Å². The Balaban J connectivity index is 1.73. The van der Waals surface area contributed by atoms with Crippen LogP contribution in [-0.2, 0) is 6.54 Å². The molecule has 112 valence electrons. The fourth-order valence-electron chi connectivity index (χ4n) is 3.80. The molecule has 1 N–H and O–H groups in total. The van der Waals surface area contributed by atoms with Crippen LogP contribution in [0.5, 0.6) is 0 Å². The van der Waals surface area contributed by atoms with Crippen molar-refractivity contribution >= 4 is 10.8 Å². The molecule has 2 aromatic rings. The maximum atomic E-state index is 4.22. The van der Waals surface area contributed by atoms with Crippen molar-refractivity contribution < 1.29 is 0 Å². The zero-order valence-corrected chi connectivity index (χ0v) is 13.2. The number of fused-ring (bicyclic) bond motifs is 1. The molecule has 2 nitrogen and oxygen atoms in total. The number of hydrogen-bond acceptors (Lipinski definition) is 2. The average Bonchev–Trinajstić information content (AvgIpc) is 2.53. The van der Waals surface area contributed by atoms with Crippen LogP contribution < -0.4 is 5.32 Å². The molecule has 0 aliphatic heterocycles. The molecule has 2 atom stereocenters. The minimum atomic E-state index is 0.677. The monoisotopic (exact) mass is 282 g/mol. The van der Waals surface area contributed by atoms with Gasteiger partial charge in [0.2, 0.25) is 0 Å². The summed E-state index contributed by atoms with van der Waals surface area (Å²) in [6.45, 7) is 5.71. The molecule has 1 aliphatic rings. The lowest BCUT2D eigenvalue weighted by Gasteiger charge is -2.35. The zero-order chi connectivity index (χ0) is 14.7.